The van der Waals surface area contributed by atoms with E-state index in [1.54, 1.807) is 0 Å². The van der Waals surface area contributed by atoms with Gasteiger partial charge in [-0.3, -0.25) is 4.79 Å². The van der Waals surface area contributed by atoms with Crippen molar-refractivity contribution in [1.82, 2.24) is 4.90 Å². The van der Waals surface area contributed by atoms with E-state index in [9.17, 15) is 4.79 Å². The first kappa shape index (κ1) is 12.5. The predicted molar refractivity (Wildman–Crippen MR) is 57.9 cm³/mol. The molecule has 0 saturated carbocycles. The quantitative estimate of drug-likeness (QED) is 0.648. The fourth-order valence-corrected chi connectivity index (χ4v) is 2.06. The summed E-state index contributed by atoms with van der Waals surface area (Å²) < 4.78 is 5.26. The molecular weight excluding hydrogens is 194 g/mol. The Kier molecular flexibility index (Phi) is 5.65. The molecule has 0 bridgehead atoms. The Bertz CT molecular complexity index is 196. The molecule has 1 atom stereocenters. The summed E-state index contributed by atoms with van der Waals surface area (Å²) in [4.78, 5) is 12.9. The number of carboxylic acids is 1. The molecule has 1 rings (SSSR count). The Morgan fingerprint density at radius 2 is 2.40 bits per heavy atom. The number of carboxylic acid groups (broad SMARTS) is 1. The molecule has 1 unspecified atom stereocenters. The van der Waals surface area contributed by atoms with Crippen molar-refractivity contribution in [2.24, 2.45) is 5.92 Å². The van der Waals surface area contributed by atoms with Gasteiger partial charge in [0.25, 0.3) is 0 Å². The van der Waals surface area contributed by atoms with E-state index in [2.05, 4.69) is 4.90 Å². The van der Waals surface area contributed by atoms with Crippen molar-refractivity contribution < 1.29 is 14.6 Å². The van der Waals surface area contributed by atoms with E-state index in [-0.39, 0.29) is 0 Å². The van der Waals surface area contributed by atoms with E-state index >= 15 is 0 Å². The summed E-state index contributed by atoms with van der Waals surface area (Å²) in [5.41, 5.74) is 0. The van der Waals surface area contributed by atoms with Gasteiger partial charge in [0.1, 0.15) is 0 Å². The maximum absolute atomic E-state index is 10.5. The van der Waals surface area contributed by atoms with Gasteiger partial charge in [-0.05, 0) is 32.2 Å². The molecule has 15 heavy (non-hydrogen) atoms. The predicted octanol–water partition coefficient (Wildman–Crippen LogP) is 1.21. The molecule has 1 aliphatic heterocycles. The summed E-state index contributed by atoms with van der Waals surface area (Å²) in [7, 11) is 0. The first-order valence-corrected chi connectivity index (χ1v) is 5.74. The van der Waals surface area contributed by atoms with Crippen LogP contribution in [-0.2, 0) is 9.53 Å². The minimum absolute atomic E-state index is 0.321. The Labute approximate surface area is 91.2 Å². The highest BCUT2D eigenvalue weighted by atomic mass is 16.5. The minimum Gasteiger partial charge on any atom is -0.481 e. The number of hydrogen-bond acceptors (Lipinski definition) is 3. The van der Waals surface area contributed by atoms with Crippen LogP contribution in [0.25, 0.3) is 0 Å². The molecule has 88 valence electrons. The Morgan fingerprint density at radius 3 is 3.07 bits per heavy atom. The molecule has 1 aliphatic rings. The second-order valence-corrected chi connectivity index (χ2v) is 4.10. The molecule has 1 heterocycles. The number of aliphatic carboxylic acids is 1. The zero-order valence-corrected chi connectivity index (χ0v) is 9.45. The lowest BCUT2D eigenvalue weighted by Crippen LogP contribution is -2.23. The van der Waals surface area contributed by atoms with Crippen LogP contribution < -0.4 is 0 Å². The normalized spacial score (nSPS) is 22.1. The maximum atomic E-state index is 10.5. The van der Waals surface area contributed by atoms with Crippen LogP contribution in [0.3, 0.4) is 0 Å². The highest BCUT2D eigenvalue weighted by Crippen LogP contribution is 2.19. The van der Waals surface area contributed by atoms with Crippen LogP contribution in [0.15, 0.2) is 0 Å². The molecule has 1 N–H and O–H groups in total. The molecule has 0 amide bonds. The lowest BCUT2D eigenvalue weighted by Gasteiger charge is -2.15. The van der Waals surface area contributed by atoms with Crippen LogP contribution >= 0.6 is 0 Å². The topological polar surface area (TPSA) is 49.8 Å². The standard InChI is InChI=1S/C11H21NO3/c1-2-15-7-3-5-12-6-4-10(9-12)8-11(13)14/h10H,2-9H2,1H3,(H,13,14). The SMILES string of the molecule is CCOCCCN1CCC(CC(=O)O)C1. The summed E-state index contributed by atoms with van der Waals surface area (Å²) in [5.74, 6) is -0.314. The summed E-state index contributed by atoms with van der Waals surface area (Å²) in [6.07, 6.45) is 2.40. The Morgan fingerprint density at radius 1 is 1.60 bits per heavy atom. The molecule has 0 aliphatic carbocycles. The number of likely N-dealkylation sites (tertiary alicyclic amines) is 1. The fraction of sp³-hybridized carbons (Fsp3) is 0.909. The number of carbonyl (C=O) groups is 1. The number of rotatable bonds is 7. The van der Waals surface area contributed by atoms with Crippen molar-refractivity contribution in [3.63, 3.8) is 0 Å². The van der Waals surface area contributed by atoms with Crippen LogP contribution in [0.1, 0.15) is 26.2 Å². The Hall–Kier alpha value is -0.610. The fourth-order valence-electron chi connectivity index (χ4n) is 2.06. The second-order valence-electron chi connectivity index (χ2n) is 4.10. The summed E-state index contributed by atoms with van der Waals surface area (Å²) >= 11 is 0. The van der Waals surface area contributed by atoms with E-state index in [0.717, 1.165) is 45.7 Å². The van der Waals surface area contributed by atoms with E-state index in [1.807, 2.05) is 6.92 Å². The van der Waals surface area contributed by atoms with Gasteiger partial charge in [-0.2, -0.15) is 0 Å². The Balaban J connectivity index is 2.05. The van der Waals surface area contributed by atoms with E-state index in [4.69, 9.17) is 9.84 Å². The van der Waals surface area contributed by atoms with Crippen LogP contribution in [0, 0.1) is 5.92 Å². The number of ether oxygens (including phenoxy) is 1. The number of hydrogen-bond donors (Lipinski definition) is 1. The molecular formula is C11H21NO3. The summed E-state index contributed by atoms with van der Waals surface area (Å²) in [6, 6.07) is 0. The highest BCUT2D eigenvalue weighted by Gasteiger charge is 2.23. The molecule has 0 spiro atoms. The third-order valence-electron chi connectivity index (χ3n) is 2.80. The van der Waals surface area contributed by atoms with Crippen molar-refractivity contribution in [3.05, 3.63) is 0 Å². The number of nitrogens with zero attached hydrogens (tertiary/aromatic N) is 1. The van der Waals surface area contributed by atoms with Gasteiger partial charge in [0.2, 0.25) is 0 Å². The van der Waals surface area contributed by atoms with Gasteiger partial charge in [0, 0.05) is 32.7 Å². The smallest absolute Gasteiger partial charge is 0.303 e. The van der Waals surface area contributed by atoms with Gasteiger partial charge in [-0.25, -0.2) is 0 Å². The molecule has 0 aromatic carbocycles. The zero-order chi connectivity index (χ0) is 11.1. The largest absolute Gasteiger partial charge is 0.481 e. The molecule has 0 aromatic rings. The first-order chi connectivity index (χ1) is 7.22. The van der Waals surface area contributed by atoms with Crippen LogP contribution in [-0.4, -0.2) is 48.8 Å². The van der Waals surface area contributed by atoms with Crippen molar-refractivity contribution in [2.75, 3.05) is 32.8 Å². The van der Waals surface area contributed by atoms with Gasteiger partial charge in [0.05, 0.1) is 0 Å². The molecule has 0 radical (unpaired) electrons. The summed E-state index contributed by atoms with van der Waals surface area (Å²) in [5, 5.41) is 8.67. The summed E-state index contributed by atoms with van der Waals surface area (Å²) in [6.45, 7) is 6.62. The lowest BCUT2D eigenvalue weighted by molar-refractivity contribution is -0.138. The van der Waals surface area contributed by atoms with Crippen molar-refractivity contribution in [2.45, 2.75) is 26.2 Å². The monoisotopic (exact) mass is 215 g/mol. The van der Waals surface area contributed by atoms with Crippen LogP contribution in [0.2, 0.25) is 0 Å². The van der Waals surface area contributed by atoms with E-state index < -0.39 is 5.97 Å². The maximum Gasteiger partial charge on any atom is 0.303 e. The molecule has 1 saturated heterocycles. The highest BCUT2D eigenvalue weighted by molar-refractivity contribution is 5.67. The van der Waals surface area contributed by atoms with Gasteiger partial charge < -0.3 is 14.7 Å². The lowest BCUT2D eigenvalue weighted by atomic mass is 10.1. The second kappa shape index (κ2) is 6.80. The third kappa shape index (κ3) is 5.14. The van der Waals surface area contributed by atoms with Gasteiger partial charge in [0.15, 0.2) is 0 Å². The van der Waals surface area contributed by atoms with Gasteiger partial charge in [-0.15, -0.1) is 0 Å². The molecule has 1 fully saturated rings. The van der Waals surface area contributed by atoms with Crippen LogP contribution in [0.5, 0.6) is 0 Å². The van der Waals surface area contributed by atoms with Crippen molar-refractivity contribution in [3.8, 4) is 0 Å². The average Bonchev–Trinajstić information content (AvgIpc) is 2.59. The van der Waals surface area contributed by atoms with E-state index in [0.29, 0.717) is 12.3 Å². The molecule has 4 heteroatoms. The zero-order valence-electron chi connectivity index (χ0n) is 9.45. The third-order valence-corrected chi connectivity index (χ3v) is 2.80. The van der Waals surface area contributed by atoms with E-state index in [1.165, 1.54) is 0 Å². The van der Waals surface area contributed by atoms with Crippen LogP contribution in [0.4, 0.5) is 0 Å². The van der Waals surface area contributed by atoms with Crippen molar-refractivity contribution >= 4 is 5.97 Å². The van der Waals surface area contributed by atoms with Gasteiger partial charge in [-0.1, -0.05) is 0 Å². The minimum atomic E-state index is -0.670. The average molecular weight is 215 g/mol. The first-order valence-electron chi connectivity index (χ1n) is 5.74. The van der Waals surface area contributed by atoms with Crippen molar-refractivity contribution in [1.29, 1.82) is 0 Å². The molecule has 0 aromatic heterocycles. The molecule has 4 nitrogen and oxygen atoms in total. The van der Waals surface area contributed by atoms with Gasteiger partial charge >= 0.3 is 5.97 Å².